The summed E-state index contributed by atoms with van der Waals surface area (Å²) in [5, 5.41) is 4.33. The maximum atomic E-state index is 11.1. The highest BCUT2D eigenvalue weighted by Gasteiger charge is 1.96. The summed E-state index contributed by atoms with van der Waals surface area (Å²) < 4.78 is 0. The molecule has 0 atom stereocenters. The Bertz CT molecular complexity index is 410. The van der Waals surface area contributed by atoms with Gasteiger partial charge in [0.15, 0.2) is 0 Å². The number of hydrogen-bond acceptors (Lipinski definition) is 3. The Morgan fingerprint density at radius 1 is 1.37 bits per heavy atom. The van der Waals surface area contributed by atoms with Gasteiger partial charge in [-0.3, -0.25) is 9.80 Å². The van der Waals surface area contributed by atoms with Crippen molar-refractivity contribution in [3.8, 4) is 0 Å². The van der Waals surface area contributed by atoms with Gasteiger partial charge in [-0.25, -0.2) is 5.84 Å². The third-order valence-electron chi connectivity index (χ3n) is 2.81. The summed E-state index contributed by atoms with van der Waals surface area (Å²) in [4.78, 5) is 11.1. The second-order valence-corrected chi connectivity index (χ2v) is 4.64. The molecule has 0 heterocycles. The largest absolute Gasteiger partial charge is 0.313 e. The fourth-order valence-corrected chi connectivity index (χ4v) is 1.63. The lowest BCUT2D eigenvalue weighted by atomic mass is 10.1. The highest BCUT2D eigenvalue weighted by atomic mass is 16.2. The molecule has 0 aliphatic rings. The summed E-state index contributed by atoms with van der Waals surface area (Å²) in [7, 11) is 1.53. The van der Waals surface area contributed by atoms with Crippen molar-refractivity contribution in [3.63, 3.8) is 0 Å². The molecule has 0 bridgehead atoms. The van der Waals surface area contributed by atoms with Crippen molar-refractivity contribution >= 4 is 5.91 Å². The first-order valence-electron chi connectivity index (χ1n) is 6.55. The van der Waals surface area contributed by atoms with Crippen LogP contribution in [-0.4, -0.2) is 31.1 Å². The Balaban J connectivity index is 2.08. The molecule has 0 unspecified atom stereocenters. The van der Waals surface area contributed by atoms with E-state index in [1.807, 2.05) is 0 Å². The van der Waals surface area contributed by atoms with E-state index in [0.29, 0.717) is 6.54 Å². The standard InChI is InChI=1S/C15H23N3O/c1-13-7-9-14(10-8-13)5-3-11-17-12-4-6-15(19)18(2)16/h4,6-10,17H,3,5,11-12,16H2,1-2H3/b6-4+. The van der Waals surface area contributed by atoms with Gasteiger partial charge in [-0.2, -0.15) is 0 Å². The van der Waals surface area contributed by atoms with Gasteiger partial charge in [0.25, 0.3) is 5.91 Å². The Labute approximate surface area is 115 Å². The van der Waals surface area contributed by atoms with E-state index < -0.39 is 0 Å². The number of likely N-dealkylation sites (N-methyl/N-ethyl adjacent to an activating group) is 1. The van der Waals surface area contributed by atoms with Crippen molar-refractivity contribution in [2.24, 2.45) is 5.84 Å². The minimum absolute atomic E-state index is 0.193. The van der Waals surface area contributed by atoms with Crippen LogP contribution in [0, 0.1) is 6.92 Å². The molecule has 1 aromatic rings. The summed E-state index contributed by atoms with van der Waals surface area (Å²) in [6.07, 6.45) is 5.42. The molecule has 0 saturated heterocycles. The number of nitrogens with one attached hydrogen (secondary N) is 1. The van der Waals surface area contributed by atoms with E-state index in [2.05, 4.69) is 36.5 Å². The Morgan fingerprint density at radius 3 is 2.68 bits per heavy atom. The molecular formula is C15H23N3O. The van der Waals surface area contributed by atoms with Crippen LogP contribution in [-0.2, 0) is 11.2 Å². The summed E-state index contributed by atoms with van der Waals surface area (Å²) >= 11 is 0. The monoisotopic (exact) mass is 261 g/mol. The molecule has 104 valence electrons. The highest BCUT2D eigenvalue weighted by Crippen LogP contribution is 2.05. The molecule has 0 aromatic heterocycles. The van der Waals surface area contributed by atoms with E-state index in [-0.39, 0.29) is 5.91 Å². The number of hydrogen-bond donors (Lipinski definition) is 2. The SMILES string of the molecule is Cc1ccc(CCCNC/C=C/C(=O)N(C)N)cc1. The van der Waals surface area contributed by atoms with E-state index in [1.54, 1.807) is 6.08 Å². The lowest BCUT2D eigenvalue weighted by Gasteiger charge is -2.05. The summed E-state index contributed by atoms with van der Waals surface area (Å²) in [5.74, 6) is 5.09. The van der Waals surface area contributed by atoms with Crippen molar-refractivity contribution in [2.75, 3.05) is 20.1 Å². The van der Waals surface area contributed by atoms with Gasteiger partial charge in [-0.15, -0.1) is 0 Å². The lowest BCUT2D eigenvalue weighted by molar-refractivity contribution is -0.125. The van der Waals surface area contributed by atoms with Gasteiger partial charge >= 0.3 is 0 Å². The van der Waals surface area contributed by atoms with Crippen LogP contribution in [0.1, 0.15) is 17.5 Å². The van der Waals surface area contributed by atoms with Crippen LogP contribution in [0.2, 0.25) is 0 Å². The molecule has 1 rings (SSSR count). The fraction of sp³-hybridized carbons (Fsp3) is 0.400. The average molecular weight is 261 g/mol. The van der Waals surface area contributed by atoms with E-state index in [4.69, 9.17) is 5.84 Å². The molecule has 0 fully saturated rings. The smallest absolute Gasteiger partial charge is 0.259 e. The molecule has 1 aromatic carbocycles. The maximum Gasteiger partial charge on any atom is 0.259 e. The zero-order valence-corrected chi connectivity index (χ0v) is 11.7. The third-order valence-corrected chi connectivity index (χ3v) is 2.81. The number of nitrogens with zero attached hydrogens (tertiary/aromatic N) is 1. The number of hydrazine groups is 1. The summed E-state index contributed by atoms with van der Waals surface area (Å²) in [6, 6.07) is 8.62. The fourth-order valence-electron chi connectivity index (χ4n) is 1.63. The molecule has 0 saturated carbocycles. The molecule has 0 aliphatic heterocycles. The van der Waals surface area contributed by atoms with Crippen LogP contribution in [0.5, 0.6) is 0 Å². The Morgan fingerprint density at radius 2 is 2.05 bits per heavy atom. The quantitative estimate of drug-likeness (QED) is 0.256. The predicted octanol–water partition coefficient (Wildman–Crippen LogP) is 1.41. The van der Waals surface area contributed by atoms with Crippen LogP contribution in [0.25, 0.3) is 0 Å². The minimum Gasteiger partial charge on any atom is -0.313 e. The Kier molecular flexibility index (Phi) is 6.85. The van der Waals surface area contributed by atoms with E-state index in [9.17, 15) is 4.79 Å². The minimum atomic E-state index is -0.193. The molecule has 0 aliphatic carbocycles. The number of benzene rings is 1. The first-order chi connectivity index (χ1) is 9.09. The topological polar surface area (TPSA) is 58.4 Å². The number of rotatable bonds is 7. The average Bonchev–Trinajstić information content (AvgIpc) is 2.39. The van der Waals surface area contributed by atoms with Crippen molar-refractivity contribution < 1.29 is 4.79 Å². The number of carbonyl (C=O) groups excluding carboxylic acids is 1. The van der Waals surface area contributed by atoms with Crippen molar-refractivity contribution in [3.05, 3.63) is 47.5 Å². The van der Waals surface area contributed by atoms with Gasteiger partial charge in [-0.05, 0) is 31.9 Å². The molecule has 4 heteroatoms. The lowest BCUT2D eigenvalue weighted by Crippen LogP contribution is -2.31. The van der Waals surface area contributed by atoms with Crippen LogP contribution < -0.4 is 11.2 Å². The van der Waals surface area contributed by atoms with Gasteiger partial charge in [0.1, 0.15) is 0 Å². The third kappa shape index (κ3) is 6.74. The van der Waals surface area contributed by atoms with E-state index in [0.717, 1.165) is 24.4 Å². The molecule has 4 nitrogen and oxygen atoms in total. The van der Waals surface area contributed by atoms with E-state index in [1.165, 1.54) is 24.3 Å². The van der Waals surface area contributed by atoms with Crippen LogP contribution in [0.15, 0.2) is 36.4 Å². The first-order valence-corrected chi connectivity index (χ1v) is 6.55. The second kappa shape index (κ2) is 8.45. The Hall–Kier alpha value is -1.65. The van der Waals surface area contributed by atoms with Gasteiger partial charge in [0.2, 0.25) is 0 Å². The normalized spacial score (nSPS) is 10.9. The van der Waals surface area contributed by atoms with Gasteiger partial charge in [0.05, 0.1) is 0 Å². The molecule has 0 spiro atoms. The molecule has 19 heavy (non-hydrogen) atoms. The second-order valence-electron chi connectivity index (χ2n) is 4.64. The van der Waals surface area contributed by atoms with Crippen molar-refractivity contribution in [1.29, 1.82) is 0 Å². The maximum absolute atomic E-state index is 11.1. The van der Waals surface area contributed by atoms with Crippen LogP contribution in [0.3, 0.4) is 0 Å². The zero-order valence-electron chi connectivity index (χ0n) is 11.7. The predicted molar refractivity (Wildman–Crippen MR) is 78.5 cm³/mol. The number of carbonyl (C=O) groups is 1. The molecular weight excluding hydrogens is 238 g/mol. The van der Waals surface area contributed by atoms with Crippen LogP contribution in [0.4, 0.5) is 0 Å². The zero-order chi connectivity index (χ0) is 14.1. The summed E-state index contributed by atoms with van der Waals surface area (Å²) in [5.41, 5.74) is 2.66. The first kappa shape index (κ1) is 15.4. The highest BCUT2D eigenvalue weighted by molar-refractivity contribution is 5.86. The van der Waals surface area contributed by atoms with Gasteiger partial charge in [0, 0.05) is 19.7 Å². The van der Waals surface area contributed by atoms with Crippen molar-refractivity contribution in [1.82, 2.24) is 10.3 Å². The number of amides is 1. The van der Waals surface area contributed by atoms with Gasteiger partial charge < -0.3 is 5.32 Å². The summed E-state index contributed by atoms with van der Waals surface area (Å²) in [6.45, 7) is 3.72. The molecule has 3 N–H and O–H groups in total. The number of aryl methyl sites for hydroxylation is 2. The van der Waals surface area contributed by atoms with Crippen LogP contribution >= 0.6 is 0 Å². The van der Waals surface area contributed by atoms with Crippen molar-refractivity contribution in [2.45, 2.75) is 19.8 Å². The number of nitrogens with two attached hydrogens (primary N) is 1. The molecule has 1 amide bonds. The molecule has 0 radical (unpaired) electrons. The van der Waals surface area contributed by atoms with Gasteiger partial charge in [-0.1, -0.05) is 35.9 Å². The van der Waals surface area contributed by atoms with E-state index >= 15 is 0 Å².